The van der Waals surface area contributed by atoms with Crippen molar-refractivity contribution in [2.45, 2.75) is 31.0 Å². The van der Waals surface area contributed by atoms with Crippen LogP contribution in [0.3, 0.4) is 0 Å². The molecule has 0 spiro atoms. The number of nitrogens with one attached hydrogen (secondary N) is 1. The van der Waals surface area contributed by atoms with Crippen LogP contribution >= 0.6 is 0 Å². The molecule has 0 radical (unpaired) electrons. The van der Waals surface area contributed by atoms with E-state index in [0.717, 1.165) is 5.56 Å². The largest absolute Gasteiger partial charge is 0.454 e. The van der Waals surface area contributed by atoms with Crippen LogP contribution in [0, 0.1) is 0 Å². The highest BCUT2D eigenvalue weighted by Gasteiger charge is 2.48. The molecule has 4 unspecified atom stereocenters. The van der Waals surface area contributed by atoms with Crippen LogP contribution in [-0.4, -0.2) is 50.3 Å². The fourth-order valence-electron chi connectivity index (χ4n) is 3.80. The topological polar surface area (TPSA) is 75.3 Å². The summed E-state index contributed by atoms with van der Waals surface area (Å²) >= 11 is 0. The molecule has 7 nitrogen and oxygen atoms in total. The van der Waals surface area contributed by atoms with Gasteiger partial charge in [-0.1, -0.05) is 30.3 Å². The van der Waals surface area contributed by atoms with Crippen LogP contribution < -0.4 is 14.8 Å². The van der Waals surface area contributed by atoms with Crippen molar-refractivity contribution in [3.63, 3.8) is 0 Å². The van der Waals surface area contributed by atoms with E-state index in [-0.39, 0.29) is 37.1 Å². The van der Waals surface area contributed by atoms with Gasteiger partial charge in [0.05, 0.1) is 25.9 Å². The minimum atomic E-state index is -0.215. The first-order chi connectivity index (χ1) is 13.8. The Labute approximate surface area is 162 Å². The maximum atomic E-state index is 12.6. The zero-order valence-corrected chi connectivity index (χ0v) is 15.2. The number of hydrogen-bond donors (Lipinski definition) is 1. The van der Waals surface area contributed by atoms with Crippen LogP contribution in [0.25, 0.3) is 0 Å². The van der Waals surface area contributed by atoms with Gasteiger partial charge in [-0.15, -0.1) is 0 Å². The Balaban J connectivity index is 1.19. The molecule has 28 heavy (non-hydrogen) atoms. The summed E-state index contributed by atoms with van der Waals surface area (Å²) in [6, 6.07) is 14.9. The Bertz CT molecular complexity index is 857. The highest BCUT2D eigenvalue weighted by molar-refractivity contribution is 5.95. The Morgan fingerprint density at radius 2 is 1.82 bits per heavy atom. The Morgan fingerprint density at radius 1 is 1.00 bits per heavy atom. The molecule has 2 aromatic carbocycles. The lowest BCUT2D eigenvalue weighted by Gasteiger charge is -2.18. The molecule has 7 heteroatoms. The molecule has 0 aliphatic carbocycles. The molecule has 3 heterocycles. The number of hydrogen-bond acceptors (Lipinski definition) is 6. The van der Waals surface area contributed by atoms with Gasteiger partial charge in [0.25, 0.3) is 5.91 Å². The molecule has 146 valence electrons. The van der Waals surface area contributed by atoms with Gasteiger partial charge >= 0.3 is 0 Å². The maximum Gasteiger partial charge on any atom is 0.251 e. The fourth-order valence-corrected chi connectivity index (χ4v) is 3.80. The average molecular weight is 383 g/mol. The molecule has 0 saturated carbocycles. The van der Waals surface area contributed by atoms with E-state index in [1.54, 1.807) is 18.2 Å². The van der Waals surface area contributed by atoms with Gasteiger partial charge in [0, 0.05) is 5.56 Å². The van der Waals surface area contributed by atoms with Gasteiger partial charge in [-0.25, -0.2) is 0 Å². The lowest BCUT2D eigenvalue weighted by atomic mass is 10.1. The maximum absolute atomic E-state index is 12.6. The zero-order chi connectivity index (χ0) is 18.9. The van der Waals surface area contributed by atoms with Crippen LogP contribution in [0.2, 0.25) is 0 Å². The SMILES string of the molecule is O=C(NC1COC2C(OCc3ccccc3)COC12)c1ccc2c(c1)OCO2. The average Bonchev–Trinajstić information content (AvgIpc) is 3.44. The van der Waals surface area contributed by atoms with E-state index in [1.807, 2.05) is 30.3 Å². The molecule has 2 saturated heterocycles. The van der Waals surface area contributed by atoms with E-state index >= 15 is 0 Å². The number of carbonyl (C=O) groups is 1. The van der Waals surface area contributed by atoms with Crippen LogP contribution in [-0.2, 0) is 20.8 Å². The molecule has 1 N–H and O–H groups in total. The molecule has 0 bridgehead atoms. The molecule has 4 atom stereocenters. The summed E-state index contributed by atoms with van der Waals surface area (Å²) in [6.45, 7) is 1.55. The molecule has 2 fully saturated rings. The third-order valence-electron chi connectivity index (χ3n) is 5.27. The van der Waals surface area contributed by atoms with Gasteiger partial charge in [-0.2, -0.15) is 0 Å². The number of amides is 1. The molecule has 5 rings (SSSR count). The molecular weight excluding hydrogens is 362 g/mol. The molecule has 3 aliphatic rings. The number of carbonyl (C=O) groups excluding carboxylic acids is 1. The first-order valence-electron chi connectivity index (χ1n) is 9.37. The van der Waals surface area contributed by atoms with E-state index in [1.165, 1.54) is 0 Å². The van der Waals surface area contributed by atoms with E-state index in [0.29, 0.717) is 36.9 Å². The van der Waals surface area contributed by atoms with Crippen molar-refractivity contribution in [2.24, 2.45) is 0 Å². The highest BCUT2D eigenvalue weighted by Crippen LogP contribution is 2.33. The van der Waals surface area contributed by atoms with Crippen molar-refractivity contribution in [1.82, 2.24) is 5.32 Å². The Morgan fingerprint density at radius 3 is 2.71 bits per heavy atom. The van der Waals surface area contributed by atoms with Gasteiger partial charge in [0.15, 0.2) is 11.5 Å². The first-order valence-corrected chi connectivity index (χ1v) is 9.37. The van der Waals surface area contributed by atoms with Crippen molar-refractivity contribution in [1.29, 1.82) is 0 Å². The summed E-state index contributed by atoms with van der Waals surface area (Å²) < 4.78 is 28.4. The number of benzene rings is 2. The number of fused-ring (bicyclic) bond motifs is 2. The monoisotopic (exact) mass is 383 g/mol. The minimum absolute atomic E-state index is 0.141. The van der Waals surface area contributed by atoms with Crippen molar-refractivity contribution in [3.05, 3.63) is 59.7 Å². The molecule has 2 aromatic rings. The number of ether oxygens (including phenoxy) is 5. The van der Waals surface area contributed by atoms with Gasteiger partial charge in [0.1, 0.15) is 18.3 Å². The van der Waals surface area contributed by atoms with Crippen LogP contribution in [0.15, 0.2) is 48.5 Å². The van der Waals surface area contributed by atoms with Crippen LogP contribution in [0.5, 0.6) is 11.5 Å². The summed E-state index contributed by atoms with van der Waals surface area (Å²) in [4.78, 5) is 12.6. The van der Waals surface area contributed by atoms with E-state index in [2.05, 4.69) is 5.32 Å². The predicted molar refractivity (Wildman–Crippen MR) is 98.3 cm³/mol. The quantitative estimate of drug-likeness (QED) is 0.850. The highest BCUT2D eigenvalue weighted by atomic mass is 16.7. The fraction of sp³-hybridized carbons (Fsp3) is 0.381. The molecular formula is C21H21NO6. The Kier molecular flexibility index (Phi) is 4.64. The van der Waals surface area contributed by atoms with E-state index < -0.39 is 0 Å². The van der Waals surface area contributed by atoms with Gasteiger partial charge in [0.2, 0.25) is 6.79 Å². The van der Waals surface area contributed by atoms with Gasteiger partial charge in [-0.05, 0) is 23.8 Å². The van der Waals surface area contributed by atoms with Gasteiger partial charge < -0.3 is 29.0 Å². The number of rotatable bonds is 5. The minimum Gasteiger partial charge on any atom is -0.454 e. The van der Waals surface area contributed by atoms with E-state index in [4.69, 9.17) is 23.7 Å². The second-order valence-electron chi connectivity index (χ2n) is 7.08. The summed E-state index contributed by atoms with van der Waals surface area (Å²) in [7, 11) is 0. The van der Waals surface area contributed by atoms with Crippen molar-refractivity contribution in [2.75, 3.05) is 20.0 Å². The molecule has 1 amide bonds. The third-order valence-corrected chi connectivity index (χ3v) is 5.27. The van der Waals surface area contributed by atoms with Crippen molar-refractivity contribution < 1.29 is 28.5 Å². The third kappa shape index (κ3) is 3.32. The summed E-state index contributed by atoms with van der Waals surface area (Å²) in [5.74, 6) is 1.04. The van der Waals surface area contributed by atoms with E-state index in [9.17, 15) is 4.79 Å². The standard InChI is InChI=1S/C21H21NO6/c23-21(14-6-7-16-17(8-14)28-12-27-16)22-15-10-25-20-18(11-26-19(15)20)24-9-13-4-2-1-3-5-13/h1-8,15,18-20H,9-12H2,(H,22,23). The van der Waals surface area contributed by atoms with Crippen LogP contribution in [0.1, 0.15) is 15.9 Å². The summed E-state index contributed by atoms with van der Waals surface area (Å²) in [5.41, 5.74) is 1.62. The lowest BCUT2D eigenvalue weighted by molar-refractivity contribution is -0.0392. The molecule has 3 aliphatic heterocycles. The summed E-state index contributed by atoms with van der Waals surface area (Å²) in [6.07, 6.45) is -0.526. The lowest BCUT2D eigenvalue weighted by Crippen LogP contribution is -2.44. The second kappa shape index (κ2) is 7.43. The predicted octanol–water partition coefficient (Wildman–Crippen LogP) is 1.90. The first kappa shape index (κ1) is 17.5. The Hall–Kier alpha value is -2.61. The van der Waals surface area contributed by atoms with Crippen molar-refractivity contribution in [3.8, 4) is 11.5 Å². The second-order valence-corrected chi connectivity index (χ2v) is 7.08. The van der Waals surface area contributed by atoms with Crippen molar-refractivity contribution >= 4 is 5.91 Å². The normalized spacial score (nSPS) is 27.6. The van der Waals surface area contributed by atoms with Gasteiger partial charge in [-0.3, -0.25) is 4.79 Å². The zero-order valence-electron chi connectivity index (χ0n) is 15.2. The summed E-state index contributed by atoms with van der Waals surface area (Å²) in [5, 5.41) is 3.01. The molecule has 0 aromatic heterocycles. The smallest absolute Gasteiger partial charge is 0.251 e. The van der Waals surface area contributed by atoms with Crippen LogP contribution in [0.4, 0.5) is 0 Å².